The first-order chi connectivity index (χ1) is 16.0. The van der Waals surface area contributed by atoms with Gasteiger partial charge in [0.05, 0.1) is 12.2 Å². The van der Waals surface area contributed by atoms with Crippen LogP contribution in [0.1, 0.15) is 19.1 Å². The highest BCUT2D eigenvalue weighted by molar-refractivity contribution is 8.00. The lowest BCUT2D eigenvalue weighted by Gasteiger charge is -2.32. The average molecular weight is 512 g/mol. The van der Waals surface area contributed by atoms with E-state index in [1.165, 1.54) is 11.2 Å². The number of hydrazine groups is 1. The molecular formula is C20H23Cl2N7O3S. The molecule has 0 spiro atoms. The van der Waals surface area contributed by atoms with E-state index in [-0.39, 0.29) is 11.2 Å². The summed E-state index contributed by atoms with van der Waals surface area (Å²) in [4.78, 5) is 18.3. The van der Waals surface area contributed by atoms with Gasteiger partial charge in [-0.3, -0.25) is 9.55 Å². The van der Waals surface area contributed by atoms with Crippen molar-refractivity contribution in [3.63, 3.8) is 0 Å². The first-order valence-corrected chi connectivity index (χ1v) is 12.4. The zero-order valence-corrected chi connectivity index (χ0v) is 19.8. The van der Waals surface area contributed by atoms with E-state index in [0.717, 1.165) is 25.9 Å². The Hall–Kier alpha value is -1.73. The lowest BCUT2D eigenvalue weighted by atomic mass is 10.1. The van der Waals surface area contributed by atoms with Crippen molar-refractivity contribution in [2.75, 3.05) is 24.4 Å². The zero-order chi connectivity index (χ0) is 22.9. The van der Waals surface area contributed by atoms with Gasteiger partial charge in [-0.2, -0.15) is 9.97 Å². The number of ether oxygens (including phenoxy) is 1. The number of halogens is 2. The van der Waals surface area contributed by atoms with Gasteiger partial charge in [0.2, 0.25) is 5.28 Å². The van der Waals surface area contributed by atoms with Gasteiger partial charge in [0.25, 0.3) is 0 Å². The van der Waals surface area contributed by atoms with E-state index in [2.05, 4.69) is 30.4 Å². The maximum Gasteiger partial charge on any atom is 0.226 e. The molecule has 5 rings (SSSR count). The highest BCUT2D eigenvalue weighted by Crippen LogP contribution is 2.34. The monoisotopic (exact) mass is 511 g/mol. The van der Waals surface area contributed by atoms with Crippen LogP contribution in [0.5, 0.6) is 0 Å². The quantitative estimate of drug-likeness (QED) is 0.335. The third-order valence-electron chi connectivity index (χ3n) is 5.82. The van der Waals surface area contributed by atoms with Crippen molar-refractivity contribution in [2.45, 2.75) is 47.5 Å². The minimum atomic E-state index is -1.17. The van der Waals surface area contributed by atoms with Gasteiger partial charge in [-0.25, -0.2) is 9.99 Å². The first kappa shape index (κ1) is 23.0. The third-order valence-corrected chi connectivity index (χ3v) is 7.64. The van der Waals surface area contributed by atoms with Crippen LogP contribution in [0.3, 0.4) is 0 Å². The normalized spacial score (nSPS) is 26.8. The van der Waals surface area contributed by atoms with E-state index in [1.54, 1.807) is 4.57 Å². The second kappa shape index (κ2) is 9.87. The fourth-order valence-electron chi connectivity index (χ4n) is 4.09. The van der Waals surface area contributed by atoms with Gasteiger partial charge in [-0.05, 0) is 36.6 Å². The molecule has 176 valence electrons. The summed E-state index contributed by atoms with van der Waals surface area (Å²) >= 11 is 13.9. The second-order valence-electron chi connectivity index (χ2n) is 7.96. The SMILES string of the molecule is OC1C(O)[C@@H](CCl)O[C@H]1n1cnc2c(NN3CCC(Sc4ccncc4)CC3)nc(Cl)nc21. The number of aliphatic hydroxyl groups excluding tert-OH is 2. The van der Waals surface area contributed by atoms with E-state index in [1.807, 2.05) is 36.3 Å². The molecule has 0 bridgehead atoms. The van der Waals surface area contributed by atoms with Crippen LogP contribution in [0.25, 0.3) is 11.2 Å². The Bertz CT molecular complexity index is 1100. The number of piperidine rings is 1. The molecule has 0 aromatic carbocycles. The second-order valence-corrected chi connectivity index (χ2v) is 9.99. The predicted molar refractivity (Wildman–Crippen MR) is 125 cm³/mol. The van der Waals surface area contributed by atoms with Gasteiger partial charge >= 0.3 is 0 Å². The summed E-state index contributed by atoms with van der Waals surface area (Å²) < 4.78 is 7.28. The van der Waals surface area contributed by atoms with Crippen LogP contribution in [-0.4, -0.2) is 82.3 Å². The van der Waals surface area contributed by atoms with Crippen LogP contribution in [0.4, 0.5) is 5.82 Å². The van der Waals surface area contributed by atoms with E-state index < -0.39 is 24.5 Å². The Morgan fingerprint density at radius 3 is 2.61 bits per heavy atom. The minimum Gasteiger partial charge on any atom is -0.387 e. The number of fused-ring (bicyclic) bond motifs is 1. The van der Waals surface area contributed by atoms with Crippen molar-refractivity contribution >= 4 is 51.9 Å². The summed E-state index contributed by atoms with van der Waals surface area (Å²) in [7, 11) is 0. The first-order valence-electron chi connectivity index (χ1n) is 10.6. The summed E-state index contributed by atoms with van der Waals surface area (Å²) in [5, 5.41) is 23.3. The summed E-state index contributed by atoms with van der Waals surface area (Å²) in [5.74, 6) is 0.533. The van der Waals surface area contributed by atoms with Crippen LogP contribution in [-0.2, 0) is 4.74 Å². The molecular weight excluding hydrogens is 489 g/mol. The van der Waals surface area contributed by atoms with Crippen LogP contribution < -0.4 is 5.43 Å². The lowest BCUT2D eigenvalue weighted by molar-refractivity contribution is -0.0291. The van der Waals surface area contributed by atoms with Crippen LogP contribution in [0, 0.1) is 0 Å². The molecule has 2 unspecified atom stereocenters. The molecule has 0 aliphatic carbocycles. The maximum absolute atomic E-state index is 10.4. The number of hydrogen-bond acceptors (Lipinski definition) is 10. The molecule has 0 radical (unpaired) electrons. The Morgan fingerprint density at radius 2 is 1.91 bits per heavy atom. The number of nitrogens with zero attached hydrogens (tertiary/aromatic N) is 6. The number of alkyl halides is 1. The number of anilines is 1. The number of thioether (sulfide) groups is 1. The van der Waals surface area contributed by atoms with Crippen LogP contribution in [0.15, 0.2) is 35.7 Å². The molecule has 2 saturated heterocycles. The highest BCUT2D eigenvalue weighted by Gasteiger charge is 2.44. The molecule has 33 heavy (non-hydrogen) atoms. The molecule has 13 heteroatoms. The van der Waals surface area contributed by atoms with Gasteiger partial charge in [0.15, 0.2) is 23.2 Å². The Balaban J connectivity index is 1.30. The molecule has 5 heterocycles. The molecule has 0 saturated carbocycles. The van der Waals surface area contributed by atoms with E-state index in [4.69, 9.17) is 27.9 Å². The van der Waals surface area contributed by atoms with Crippen molar-refractivity contribution in [3.8, 4) is 0 Å². The number of nitrogens with one attached hydrogen (secondary N) is 1. The Morgan fingerprint density at radius 1 is 1.15 bits per heavy atom. The highest BCUT2D eigenvalue weighted by atomic mass is 35.5. The predicted octanol–water partition coefficient (Wildman–Crippen LogP) is 2.32. The third kappa shape index (κ3) is 4.76. The summed E-state index contributed by atoms with van der Waals surface area (Å²) in [5.41, 5.74) is 4.21. The zero-order valence-electron chi connectivity index (χ0n) is 17.5. The van der Waals surface area contributed by atoms with Crippen LogP contribution in [0.2, 0.25) is 5.28 Å². The molecule has 2 fully saturated rings. The average Bonchev–Trinajstić information content (AvgIpc) is 3.36. The molecule has 4 atom stereocenters. The molecule has 3 aromatic rings. The number of pyridine rings is 1. The standard InChI is InChI=1S/C20H23Cl2N7O3S/c21-9-13-15(30)16(31)19(32-13)29-10-24-14-17(25-20(22)26-18(14)29)27-28-7-3-12(4-8-28)33-11-1-5-23-6-2-11/h1-2,5-6,10,12-13,15-16,19,30-31H,3-4,7-9H2,(H,25,26,27)/t13-,15?,16?,19-/m1/s1. The van der Waals surface area contributed by atoms with Gasteiger partial charge < -0.3 is 20.4 Å². The van der Waals surface area contributed by atoms with Crippen molar-refractivity contribution in [2.24, 2.45) is 0 Å². The summed E-state index contributed by atoms with van der Waals surface area (Å²) in [6.07, 6.45) is 3.29. The van der Waals surface area contributed by atoms with Gasteiger partial charge in [-0.1, -0.05) is 0 Å². The topological polar surface area (TPSA) is 121 Å². The fourth-order valence-corrected chi connectivity index (χ4v) is 5.62. The van der Waals surface area contributed by atoms with E-state index in [9.17, 15) is 10.2 Å². The van der Waals surface area contributed by atoms with Crippen molar-refractivity contribution in [1.82, 2.24) is 29.5 Å². The molecule has 3 N–H and O–H groups in total. The molecule has 2 aliphatic rings. The number of aliphatic hydroxyl groups is 2. The van der Waals surface area contributed by atoms with Gasteiger partial charge in [0, 0.05) is 35.6 Å². The Kier molecular flexibility index (Phi) is 6.89. The maximum atomic E-state index is 10.4. The lowest BCUT2D eigenvalue weighted by Crippen LogP contribution is -2.39. The van der Waals surface area contributed by atoms with Crippen molar-refractivity contribution < 1.29 is 14.9 Å². The molecule has 3 aromatic heterocycles. The number of rotatable bonds is 6. The number of aromatic nitrogens is 5. The van der Waals surface area contributed by atoms with Crippen molar-refractivity contribution in [3.05, 3.63) is 36.1 Å². The minimum absolute atomic E-state index is 0.0387. The molecule has 0 amide bonds. The summed E-state index contributed by atoms with van der Waals surface area (Å²) in [6.45, 7) is 1.67. The molecule has 2 aliphatic heterocycles. The molecule has 10 nitrogen and oxygen atoms in total. The number of hydrogen-bond donors (Lipinski definition) is 3. The smallest absolute Gasteiger partial charge is 0.226 e. The van der Waals surface area contributed by atoms with E-state index >= 15 is 0 Å². The fraction of sp³-hybridized carbons (Fsp3) is 0.500. The Labute approximate surface area is 204 Å². The van der Waals surface area contributed by atoms with Gasteiger partial charge in [0.1, 0.15) is 18.3 Å². The van der Waals surface area contributed by atoms with E-state index in [0.29, 0.717) is 22.2 Å². The van der Waals surface area contributed by atoms with Gasteiger partial charge in [-0.15, -0.1) is 23.4 Å². The van der Waals surface area contributed by atoms with Crippen molar-refractivity contribution in [1.29, 1.82) is 0 Å². The summed E-state index contributed by atoms with van der Waals surface area (Å²) in [6, 6.07) is 4.06. The largest absolute Gasteiger partial charge is 0.387 e. The number of imidazole rings is 1. The van der Waals surface area contributed by atoms with Crippen LogP contribution >= 0.6 is 35.0 Å².